The lowest BCUT2D eigenvalue weighted by Gasteiger charge is -2.34. The van der Waals surface area contributed by atoms with E-state index >= 15 is 0 Å². The molecule has 0 N–H and O–H groups in total. The average molecular weight is 484 g/mol. The molecule has 0 bridgehead atoms. The molecule has 1 unspecified atom stereocenters. The number of aliphatic imine (C=N–C) groups is 1. The molecule has 6 rings (SSSR count). The zero-order valence-corrected chi connectivity index (χ0v) is 20.2. The first kappa shape index (κ1) is 22.9. The Balaban J connectivity index is 1.27. The third kappa shape index (κ3) is 4.30. The van der Waals surface area contributed by atoms with Gasteiger partial charge in [-0.2, -0.15) is 0 Å². The monoisotopic (exact) mass is 483 g/mol. The van der Waals surface area contributed by atoms with Crippen molar-refractivity contribution in [3.8, 4) is 0 Å². The number of piperidine rings is 1. The van der Waals surface area contributed by atoms with Gasteiger partial charge in [0.25, 0.3) is 0 Å². The van der Waals surface area contributed by atoms with Gasteiger partial charge in [-0.15, -0.1) is 0 Å². The van der Waals surface area contributed by atoms with Gasteiger partial charge < -0.3 is 0 Å². The molecule has 2 aromatic carbocycles. The van der Waals surface area contributed by atoms with Crippen LogP contribution in [0.25, 0.3) is 6.08 Å². The van der Waals surface area contributed by atoms with Crippen molar-refractivity contribution >= 4 is 17.6 Å². The van der Waals surface area contributed by atoms with Gasteiger partial charge in [-0.1, -0.05) is 6.07 Å². The standard InChI is InChI=1S/C30H27F2N3O/c1-18-9-19(6-7-33-18)30-27-13-22-12-26(29(36)14-21(22)10-23(27)15-34-30)20-3-2-8-35(16-20)17-24-11-25(31)4-5-28(24)32/h4-7,9-13,20H,2-3,8,14-17H2,1H3. The number of rotatable bonds is 4. The Hall–Kier alpha value is -3.51. The zero-order chi connectivity index (χ0) is 24.8. The molecule has 6 heteroatoms. The van der Waals surface area contributed by atoms with Gasteiger partial charge >= 0.3 is 0 Å². The summed E-state index contributed by atoms with van der Waals surface area (Å²) in [5, 5.41) is 0. The Morgan fingerprint density at radius 3 is 2.83 bits per heavy atom. The summed E-state index contributed by atoms with van der Waals surface area (Å²) in [6.45, 7) is 4.42. The number of likely N-dealkylation sites (tertiary alicyclic amines) is 1. The van der Waals surface area contributed by atoms with E-state index in [4.69, 9.17) is 4.99 Å². The highest BCUT2D eigenvalue weighted by atomic mass is 19.1. The van der Waals surface area contributed by atoms with E-state index in [1.54, 1.807) is 0 Å². The molecule has 36 heavy (non-hydrogen) atoms. The van der Waals surface area contributed by atoms with Crippen LogP contribution in [0.4, 0.5) is 8.78 Å². The normalized spacial score (nSPS) is 19.5. The molecule has 182 valence electrons. The average Bonchev–Trinajstić information content (AvgIpc) is 3.27. The third-order valence-corrected chi connectivity index (χ3v) is 7.53. The third-order valence-electron chi connectivity index (χ3n) is 7.53. The molecule has 1 aromatic heterocycles. The fraction of sp³-hybridized carbons (Fsp3) is 0.300. The Labute approximate surface area is 209 Å². The number of hydrogen-bond donors (Lipinski definition) is 0. The maximum absolute atomic E-state index is 14.2. The van der Waals surface area contributed by atoms with Gasteiger partial charge in [0.15, 0.2) is 5.78 Å². The van der Waals surface area contributed by atoms with E-state index in [-0.39, 0.29) is 11.7 Å². The van der Waals surface area contributed by atoms with Gasteiger partial charge in [0.2, 0.25) is 0 Å². The van der Waals surface area contributed by atoms with Crippen LogP contribution in [0.1, 0.15) is 51.9 Å². The van der Waals surface area contributed by atoms with Crippen LogP contribution in [-0.4, -0.2) is 34.5 Å². The molecular weight excluding hydrogens is 456 g/mol. The molecule has 3 heterocycles. The highest BCUT2D eigenvalue weighted by Gasteiger charge is 2.31. The predicted molar refractivity (Wildman–Crippen MR) is 136 cm³/mol. The van der Waals surface area contributed by atoms with Crippen LogP contribution in [0.15, 0.2) is 59.2 Å². The summed E-state index contributed by atoms with van der Waals surface area (Å²) in [5.74, 6) is -0.578. The van der Waals surface area contributed by atoms with E-state index < -0.39 is 11.6 Å². The lowest BCUT2D eigenvalue weighted by atomic mass is 9.80. The summed E-state index contributed by atoms with van der Waals surface area (Å²) in [4.78, 5) is 24.4. The van der Waals surface area contributed by atoms with Crippen molar-refractivity contribution in [2.45, 2.75) is 39.3 Å². The summed E-state index contributed by atoms with van der Waals surface area (Å²) >= 11 is 0. The maximum atomic E-state index is 14.2. The van der Waals surface area contributed by atoms with Crippen LogP contribution >= 0.6 is 0 Å². The Kier molecular flexibility index (Phi) is 5.84. The first-order valence-corrected chi connectivity index (χ1v) is 12.5. The maximum Gasteiger partial charge on any atom is 0.163 e. The summed E-state index contributed by atoms with van der Waals surface area (Å²) in [6, 6.07) is 12.0. The summed E-state index contributed by atoms with van der Waals surface area (Å²) in [7, 11) is 0. The lowest BCUT2D eigenvalue weighted by Crippen LogP contribution is -2.37. The molecule has 3 aliphatic rings. The number of nitrogens with zero attached hydrogens (tertiary/aromatic N) is 3. The number of fused-ring (bicyclic) bond motifs is 2. The number of halogens is 2. The number of ketones is 1. The van der Waals surface area contributed by atoms with Gasteiger partial charge in [0, 0.05) is 59.6 Å². The second-order valence-electron chi connectivity index (χ2n) is 10.1. The van der Waals surface area contributed by atoms with Crippen LogP contribution in [0.5, 0.6) is 0 Å². The minimum absolute atomic E-state index is 0.0836. The topological polar surface area (TPSA) is 45.6 Å². The number of pyridine rings is 1. The highest BCUT2D eigenvalue weighted by Crippen LogP contribution is 2.35. The number of aryl methyl sites for hydroxylation is 1. The van der Waals surface area contributed by atoms with Crippen molar-refractivity contribution in [1.29, 1.82) is 0 Å². The second kappa shape index (κ2) is 9.17. The Morgan fingerprint density at radius 2 is 1.97 bits per heavy atom. The molecule has 4 nitrogen and oxygen atoms in total. The predicted octanol–water partition coefficient (Wildman–Crippen LogP) is 5.44. The van der Waals surface area contributed by atoms with Gasteiger partial charge in [-0.3, -0.25) is 19.7 Å². The van der Waals surface area contributed by atoms with E-state index in [0.29, 0.717) is 31.6 Å². The van der Waals surface area contributed by atoms with Crippen molar-refractivity contribution in [2.24, 2.45) is 10.9 Å². The van der Waals surface area contributed by atoms with Crippen molar-refractivity contribution < 1.29 is 13.6 Å². The zero-order valence-electron chi connectivity index (χ0n) is 20.2. The molecule has 1 saturated heterocycles. The number of Topliss-reactive ketones (excluding diaryl/α,β-unsaturated/α-hetero) is 1. The number of benzene rings is 2. The minimum Gasteiger partial charge on any atom is -0.298 e. The largest absolute Gasteiger partial charge is 0.298 e. The second-order valence-corrected chi connectivity index (χ2v) is 10.1. The van der Waals surface area contributed by atoms with E-state index in [1.165, 1.54) is 12.1 Å². The molecule has 0 spiro atoms. The summed E-state index contributed by atoms with van der Waals surface area (Å²) < 4.78 is 27.9. The van der Waals surface area contributed by atoms with Gasteiger partial charge in [0.1, 0.15) is 11.6 Å². The molecule has 2 aliphatic heterocycles. The van der Waals surface area contributed by atoms with Crippen molar-refractivity contribution in [3.05, 3.63) is 105 Å². The van der Waals surface area contributed by atoms with Gasteiger partial charge in [-0.05, 0) is 85.5 Å². The van der Waals surface area contributed by atoms with Gasteiger partial charge in [-0.25, -0.2) is 8.78 Å². The molecule has 1 atom stereocenters. The van der Waals surface area contributed by atoms with Crippen molar-refractivity contribution in [3.63, 3.8) is 0 Å². The van der Waals surface area contributed by atoms with Crippen LogP contribution in [0, 0.1) is 24.5 Å². The number of aromatic nitrogens is 1. The fourth-order valence-corrected chi connectivity index (χ4v) is 5.77. The number of carbonyl (C=O) groups excluding carboxylic acids is 1. The van der Waals surface area contributed by atoms with Crippen LogP contribution in [0.2, 0.25) is 0 Å². The fourth-order valence-electron chi connectivity index (χ4n) is 5.77. The molecular formula is C30H27F2N3O. The number of carbonyl (C=O) groups is 1. The highest BCUT2D eigenvalue weighted by molar-refractivity contribution is 6.16. The Morgan fingerprint density at radius 1 is 1.08 bits per heavy atom. The molecule has 0 saturated carbocycles. The smallest absolute Gasteiger partial charge is 0.163 e. The SMILES string of the molecule is Cc1cc(C2=NCc3cc4c(cc32)C=C(C2CCCN(Cc3cc(F)ccc3F)C2)C(=O)C4)ccn1. The van der Waals surface area contributed by atoms with Crippen LogP contribution in [-0.2, 0) is 24.3 Å². The number of hydrogen-bond acceptors (Lipinski definition) is 4. The quantitative estimate of drug-likeness (QED) is 0.497. The molecule has 1 aliphatic carbocycles. The first-order chi connectivity index (χ1) is 17.4. The Bertz CT molecular complexity index is 1440. The molecule has 1 fully saturated rings. The van der Waals surface area contributed by atoms with E-state index in [9.17, 15) is 13.6 Å². The minimum atomic E-state index is -0.431. The van der Waals surface area contributed by atoms with Crippen molar-refractivity contribution in [1.82, 2.24) is 9.88 Å². The summed E-state index contributed by atoms with van der Waals surface area (Å²) in [5.41, 5.74) is 8.61. The van der Waals surface area contributed by atoms with E-state index in [2.05, 4.69) is 34.2 Å². The van der Waals surface area contributed by atoms with Crippen LogP contribution < -0.4 is 0 Å². The lowest BCUT2D eigenvalue weighted by molar-refractivity contribution is -0.115. The summed E-state index contributed by atoms with van der Waals surface area (Å²) in [6.07, 6.45) is 6.11. The van der Waals surface area contributed by atoms with Crippen LogP contribution in [0.3, 0.4) is 0 Å². The van der Waals surface area contributed by atoms with Gasteiger partial charge in [0.05, 0.1) is 12.3 Å². The molecule has 3 aromatic rings. The van der Waals surface area contributed by atoms with E-state index in [0.717, 1.165) is 70.2 Å². The molecule has 0 radical (unpaired) electrons. The molecule has 0 amide bonds. The van der Waals surface area contributed by atoms with Crippen molar-refractivity contribution in [2.75, 3.05) is 13.1 Å². The van der Waals surface area contributed by atoms with E-state index in [1.807, 2.05) is 19.2 Å². The first-order valence-electron chi connectivity index (χ1n) is 12.5.